The minimum absolute atomic E-state index is 0.0830. The summed E-state index contributed by atoms with van der Waals surface area (Å²) in [6.07, 6.45) is 2.25. The third kappa shape index (κ3) is 5.88. The number of hydrogen-bond donors (Lipinski definition) is 1. The minimum Gasteiger partial charge on any atom is -0.493 e. The van der Waals surface area contributed by atoms with E-state index in [2.05, 4.69) is 38.3 Å². The molecule has 0 saturated heterocycles. The van der Waals surface area contributed by atoms with Gasteiger partial charge in [0, 0.05) is 33.9 Å². The minimum atomic E-state index is -0.750. The van der Waals surface area contributed by atoms with Crippen molar-refractivity contribution in [3.63, 3.8) is 0 Å². The van der Waals surface area contributed by atoms with Crippen molar-refractivity contribution in [1.82, 2.24) is 4.98 Å². The van der Waals surface area contributed by atoms with Crippen molar-refractivity contribution in [3.8, 4) is 22.9 Å². The molecule has 0 spiro atoms. The molecule has 34 heavy (non-hydrogen) atoms. The highest BCUT2D eigenvalue weighted by molar-refractivity contribution is 7.99. The van der Waals surface area contributed by atoms with Crippen molar-refractivity contribution in [2.75, 3.05) is 24.4 Å². The van der Waals surface area contributed by atoms with E-state index in [0.717, 1.165) is 55.7 Å². The quantitative estimate of drug-likeness (QED) is 0.329. The molecule has 1 aliphatic rings. The van der Waals surface area contributed by atoms with Gasteiger partial charge in [0.25, 0.3) is 0 Å². The van der Waals surface area contributed by atoms with Crippen LogP contribution in [0, 0.1) is 13.8 Å². The zero-order valence-electron chi connectivity index (χ0n) is 19.7. The summed E-state index contributed by atoms with van der Waals surface area (Å²) in [4.78, 5) is 17.0. The fourth-order valence-electron chi connectivity index (χ4n) is 4.24. The Morgan fingerprint density at radius 3 is 2.68 bits per heavy atom. The van der Waals surface area contributed by atoms with Gasteiger partial charge in [0.05, 0.1) is 18.7 Å². The van der Waals surface area contributed by atoms with Crippen LogP contribution in [0.3, 0.4) is 0 Å². The molecule has 1 N–H and O–H groups in total. The molecule has 0 amide bonds. The van der Waals surface area contributed by atoms with Crippen LogP contribution in [0.4, 0.5) is 0 Å². The number of carbonyl (C=O) groups is 1. The molecule has 1 aromatic heterocycles. The highest BCUT2D eigenvalue weighted by atomic mass is 32.2. The Labute approximate surface area is 209 Å². The third-order valence-electron chi connectivity index (χ3n) is 5.81. The number of aliphatic carboxylic acids is 1. The van der Waals surface area contributed by atoms with E-state index < -0.39 is 5.97 Å². The van der Waals surface area contributed by atoms with Gasteiger partial charge in [0.15, 0.2) is 0 Å². The van der Waals surface area contributed by atoms with Crippen molar-refractivity contribution in [3.05, 3.63) is 70.8 Å². The second kappa shape index (κ2) is 11.2. The summed E-state index contributed by atoms with van der Waals surface area (Å²) in [6.45, 7) is 5.27. The van der Waals surface area contributed by atoms with Gasteiger partial charge >= 0.3 is 5.97 Å². The maximum Gasteiger partial charge on any atom is 0.303 e. The molecule has 3 aromatic rings. The van der Waals surface area contributed by atoms with Gasteiger partial charge in [-0.25, -0.2) is 4.98 Å². The fourth-order valence-corrected chi connectivity index (χ4v) is 5.80. The molecule has 1 unspecified atom stereocenters. The number of ether oxygens (including phenoxy) is 2. The number of nitrogens with zero attached hydrogens (tertiary/aromatic N) is 1. The van der Waals surface area contributed by atoms with Gasteiger partial charge in [-0.15, -0.1) is 11.8 Å². The van der Waals surface area contributed by atoms with Gasteiger partial charge in [-0.1, -0.05) is 18.2 Å². The van der Waals surface area contributed by atoms with Crippen LogP contribution < -0.4 is 9.47 Å². The van der Waals surface area contributed by atoms with Crippen LogP contribution in [0.5, 0.6) is 11.6 Å². The molecule has 0 fully saturated rings. The smallest absolute Gasteiger partial charge is 0.303 e. The predicted molar refractivity (Wildman–Crippen MR) is 140 cm³/mol. The van der Waals surface area contributed by atoms with Gasteiger partial charge < -0.3 is 14.6 Å². The molecule has 0 radical (unpaired) electrons. The Morgan fingerprint density at radius 2 is 1.94 bits per heavy atom. The number of carboxylic acids is 1. The Balaban J connectivity index is 1.45. The lowest BCUT2D eigenvalue weighted by atomic mass is 9.97. The molecule has 5 nitrogen and oxygen atoms in total. The summed E-state index contributed by atoms with van der Waals surface area (Å²) in [7, 11) is 0. The molecule has 1 aliphatic heterocycles. The molecule has 4 rings (SSSR count). The van der Waals surface area contributed by atoms with Crippen LogP contribution in [0.2, 0.25) is 0 Å². The van der Waals surface area contributed by atoms with E-state index in [1.165, 1.54) is 0 Å². The normalized spacial score (nSPS) is 14.6. The average molecular weight is 496 g/mol. The second-order valence-corrected chi connectivity index (χ2v) is 10.4. The Bertz CT molecular complexity index is 1160. The van der Waals surface area contributed by atoms with Crippen LogP contribution >= 0.6 is 23.5 Å². The lowest BCUT2D eigenvalue weighted by Crippen LogP contribution is -2.05. The fraction of sp³-hybridized carbons (Fsp3) is 0.333. The summed E-state index contributed by atoms with van der Waals surface area (Å²) >= 11 is 3.49. The molecule has 7 heteroatoms. The lowest BCUT2D eigenvalue weighted by Gasteiger charge is -2.14. The van der Waals surface area contributed by atoms with Crippen LogP contribution in [-0.4, -0.2) is 40.4 Å². The Morgan fingerprint density at radius 1 is 1.15 bits per heavy atom. The summed E-state index contributed by atoms with van der Waals surface area (Å²) in [5, 5.41) is 9.12. The maximum absolute atomic E-state index is 11.1. The van der Waals surface area contributed by atoms with E-state index in [1.54, 1.807) is 23.5 Å². The number of rotatable bonds is 10. The molecule has 178 valence electrons. The van der Waals surface area contributed by atoms with E-state index in [4.69, 9.17) is 19.6 Å². The standard InChI is InChI=1S/C27H29NO4S2/c1-17-11-21(31-9-10-33-3)12-18(2)27(17)23-5-4-6-25(28-23)32-15-19-7-8-22-20(14-26(29)30)16-34-24(22)13-19/h4-8,11-13,20H,9-10,14-16H2,1-3H3,(H,29,30). The zero-order valence-corrected chi connectivity index (χ0v) is 21.3. The molecular formula is C27H29NO4S2. The first-order valence-electron chi connectivity index (χ1n) is 11.2. The molecule has 2 aromatic carbocycles. The van der Waals surface area contributed by atoms with E-state index in [1.807, 2.05) is 30.3 Å². The summed E-state index contributed by atoms with van der Waals surface area (Å²) < 4.78 is 11.9. The molecule has 2 heterocycles. The molecule has 0 bridgehead atoms. The number of fused-ring (bicyclic) bond motifs is 1. The van der Waals surface area contributed by atoms with Gasteiger partial charge in [-0.2, -0.15) is 11.8 Å². The number of pyridine rings is 1. The third-order valence-corrected chi connectivity index (χ3v) is 7.62. The van der Waals surface area contributed by atoms with E-state index in [0.29, 0.717) is 19.1 Å². The van der Waals surface area contributed by atoms with Crippen molar-refractivity contribution in [2.24, 2.45) is 0 Å². The van der Waals surface area contributed by atoms with Gasteiger partial charge in [0.2, 0.25) is 5.88 Å². The molecule has 1 atom stereocenters. The summed E-state index contributed by atoms with van der Waals surface area (Å²) in [5.41, 5.74) is 6.40. The number of aryl methyl sites for hydroxylation is 2. The Kier molecular flexibility index (Phi) is 8.06. The van der Waals surface area contributed by atoms with Crippen molar-refractivity contribution >= 4 is 29.5 Å². The highest BCUT2D eigenvalue weighted by Gasteiger charge is 2.25. The maximum atomic E-state index is 11.1. The number of aromatic nitrogens is 1. The zero-order chi connectivity index (χ0) is 24.1. The average Bonchev–Trinajstić information content (AvgIpc) is 3.19. The SMILES string of the molecule is CSCCOc1cc(C)c(-c2cccc(OCc3ccc4c(c3)SCC4CC(=O)O)n2)c(C)c1. The molecule has 0 saturated carbocycles. The van der Waals surface area contributed by atoms with E-state index in [-0.39, 0.29) is 12.3 Å². The second-order valence-electron chi connectivity index (χ2n) is 8.40. The monoisotopic (exact) mass is 495 g/mol. The first kappa shape index (κ1) is 24.5. The number of carboxylic acid groups (broad SMARTS) is 1. The number of thioether (sulfide) groups is 2. The predicted octanol–water partition coefficient (Wildman–Crippen LogP) is 6.35. The molecule has 0 aliphatic carbocycles. The van der Waals surface area contributed by atoms with Gasteiger partial charge in [-0.3, -0.25) is 4.79 Å². The van der Waals surface area contributed by atoms with Crippen molar-refractivity contribution in [1.29, 1.82) is 0 Å². The summed E-state index contributed by atoms with van der Waals surface area (Å²) in [5.74, 6) is 2.58. The largest absolute Gasteiger partial charge is 0.493 e. The first-order valence-corrected chi connectivity index (χ1v) is 13.6. The first-order chi connectivity index (χ1) is 16.4. The van der Waals surface area contributed by atoms with Crippen LogP contribution in [0.15, 0.2) is 53.4 Å². The van der Waals surface area contributed by atoms with E-state index in [9.17, 15) is 4.79 Å². The van der Waals surface area contributed by atoms with E-state index >= 15 is 0 Å². The van der Waals surface area contributed by atoms with Gasteiger partial charge in [-0.05, 0) is 66.6 Å². The number of benzene rings is 2. The Hall–Kier alpha value is -2.64. The van der Waals surface area contributed by atoms with Crippen LogP contribution in [0.25, 0.3) is 11.3 Å². The molecular weight excluding hydrogens is 466 g/mol. The summed E-state index contributed by atoms with van der Waals surface area (Å²) in [6, 6.07) is 16.2. The van der Waals surface area contributed by atoms with Crippen molar-refractivity contribution < 1.29 is 19.4 Å². The van der Waals surface area contributed by atoms with Crippen LogP contribution in [-0.2, 0) is 11.4 Å². The van der Waals surface area contributed by atoms with Crippen molar-refractivity contribution in [2.45, 2.75) is 37.7 Å². The number of hydrogen-bond acceptors (Lipinski definition) is 6. The van der Waals surface area contributed by atoms with Crippen LogP contribution in [0.1, 0.15) is 34.6 Å². The highest BCUT2D eigenvalue weighted by Crippen LogP contribution is 2.41. The topological polar surface area (TPSA) is 68.7 Å². The lowest BCUT2D eigenvalue weighted by molar-refractivity contribution is -0.137. The van der Waals surface area contributed by atoms with Gasteiger partial charge in [0.1, 0.15) is 12.4 Å².